The van der Waals surface area contributed by atoms with E-state index in [-0.39, 0.29) is 102 Å². The van der Waals surface area contributed by atoms with Gasteiger partial charge in [-0.25, -0.2) is 16.8 Å². The first-order valence-electron chi connectivity index (χ1n) is 6.60. The number of β-amino-alcohol motifs (C(OH)–C–C–N with tert-alkyl or cyclic N) is 1. The van der Waals surface area contributed by atoms with E-state index in [2.05, 4.69) is 0 Å². The second-order valence-electron chi connectivity index (χ2n) is 5.33. The molecule has 0 amide bonds. The van der Waals surface area contributed by atoms with Crippen LogP contribution in [0.15, 0.2) is 0 Å². The summed E-state index contributed by atoms with van der Waals surface area (Å²) in [6, 6.07) is 0. The van der Waals surface area contributed by atoms with Gasteiger partial charge in [-0.2, -0.15) is 0 Å². The zero-order chi connectivity index (χ0) is 17.0. The van der Waals surface area contributed by atoms with Gasteiger partial charge in [-0.15, -0.1) is 6.10 Å². The Hall–Kier alpha value is 2.66. The smallest absolute Gasteiger partial charge is 0.850 e. The molecule has 1 saturated heterocycles. The molecule has 1 N–H and O–H groups in total. The molecule has 1 rings (SSSR count). The van der Waals surface area contributed by atoms with Crippen LogP contribution in [-0.2, 0) is 20.2 Å². The molecule has 10 nitrogen and oxygen atoms in total. The molecule has 0 spiro atoms. The molecular formula is C10H19N2Na3O8S2. The summed E-state index contributed by atoms with van der Waals surface area (Å²) in [5.41, 5.74) is 0. The van der Waals surface area contributed by atoms with Crippen molar-refractivity contribution >= 4 is 20.2 Å². The monoisotopic (exact) mass is 428 g/mol. The summed E-state index contributed by atoms with van der Waals surface area (Å²) in [7, 11) is -9.02. The Morgan fingerprint density at radius 2 is 1.16 bits per heavy atom. The average Bonchev–Trinajstić information content (AvgIpc) is 2.26. The maximum absolute atomic E-state index is 11.5. The van der Waals surface area contributed by atoms with Crippen molar-refractivity contribution in [2.75, 3.05) is 50.8 Å². The van der Waals surface area contributed by atoms with E-state index in [1.807, 2.05) is 0 Å². The Morgan fingerprint density at radius 3 is 1.52 bits per heavy atom. The van der Waals surface area contributed by atoms with Crippen molar-refractivity contribution in [3.05, 3.63) is 0 Å². The van der Waals surface area contributed by atoms with Gasteiger partial charge in [0.25, 0.3) is 0 Å². The fourth-order valence-electron chi connectivity index (χ4n) is 2.31. The van der Waals surface area contributed by atoms with Crippen LogP contribution in [0.3, 0.4) is 0 Å². The number of rotatable bonds is 8. The molecule has 1 fully saturated rings. The van der Waals surface area contributed by atoms with E-state index in [0.29, 0.717) is 26.2 Å². The van der Waals surface area contributed by atoms with Gasteiger partial charge in [0, 0.05) is 38.5 Å². The molecule has 0 radical (unpaired) electrons. The van der Waals surface area contributed by atoms with Gasteiger partial charge in [0.1, 0.15) is 0 Å². The van der Waals surface area contributed by atoms with E-state index in [9.17, 15) is 36.2 Å². The number of hydrogen-bond donors (Lipinski definition) is 1. The quantitative estimate of drug-likeness (QED) is 0.290. The molecular weight excluding hydrogens is 409 g/mol. The van der Waals surface area contributed by atoms with E-state index < -0.39 is 43.9 Å². The topological polar surface area (TPSA) is 164 Å². The van der Waals surface area contributed by atoms with Gasteiger partial charge in [0.2, 0.25) is 0 Å². The predicted molar refractivity (Wildman–Crippen MR) is 71.8 cm³/mol. The summed E-state index contributed by atoms with van der Waals surface area (Å²) in [5, 5.41) is 20.9. The van der Waals surface area contributed by atoms with Crippen LogP contribution >= 0.6 is 0 Å². The Labute approximate surface area is 215 Å². The van der Waals surface area contributed by atoms with E-state index in [1.54, 1.807) is 9.80 Å². The second kappa shape index (κ2) is 14.6. The van der Waals surface area contributed by atoms with Crippen LogP contribution < -0.4 is 93.8 Å². The number of hydrogen-bond acceptors (Lipinski definition) is 10. The molecule has 0 aliphatic carbocycles. The Kier molecular flexibility index (Phi) is 18.9. The molecule has 0 aromatic heterocycles. The zero-order valence-electron chi connectivity index (χ0n) is 14.8. The van der Waals surface area contributed by atoms with Crippen molar-refractivity contribution in [1.29, 1.82) is 0 Å². The van der Waals surface area contributed by atoms with Gasteiger partial charge >= 0.3 is 88.7 Å². The van der Waals surface area contributed by atoms with E-state index >= 15 is 0 Å². The van der Waals surface area contributed by atoms with E-state index in [1.165, 1.54) is 0 Å². The van der Waals surface area contributed by atoms with Gasteiger partial charge in [-0.3, -0.25) is 4.90 Å². The van der Waals surface area contributed by atoms with Crippen LogP contribution in [0.5, 0.6) is 0 Å². The Bertz CT molecular complexity index is 505. The maximum Gasteiger partial charge on any atom is 1.00 e. The minimum absolute atomic E-state index is 0. The van der Waals surface area contributed by atoms with Crippen LogP contribution in [0.2, 0.25) is 0 Å². The number of nitrogens with zero attached hydrogens (tertiary/aromatic N) is 2. The van der Waals surface area contributed by atoms with Crippen molar-refractivity contribution in [2.24, 2.45) is 0 Å². The minimum atomic E-state index is -4.54. The summed E-state index contributed by atoms with van der Waals surface area (Å²) in [6.45, 7) is 1.69. The standard InChI is InChI=1S/C10H21N2O8S2.3Na/c13-9(7-21(15,16)17)5-11-1-2-12(4-3-11)6-10(14)8-22(18,19)20;;;/h9-10,13H,1-8H2,(H,15,16,17)(H,18,19,20);;;/q-1;3*+1/p-2. The molecule has 2 unspecified atom stereocenters. The molecule has 1 aliphatic rings. The van der Waals surface area contributed by atoms with Crippen LogP contribution in [0.25, 0.3) is 0 Å². The van der Waals surface area contributed by atoms with Gasteiger partial charge in [-0.1, -0.05) is 0 Å². The maximum atomic E-state index is 11.5. The van der Waals surface area contributed by atoms with Crippen LogP contribution in [-0.4, -0.2) is 104 Å². The third-order valence-electron chi connectivity index (χ3n) is 3.18. The summed E-state index contributed by atoms with van der Waals surface area (Å²) < 4.78 is 63.0. The molecule has 132 valence electrons. The molecule has 2 atom stereocenters. The normalized spacial score (nSPS) is 19.0. The first-order valence-corrected chi connectivity index (χ1v) is 9.76. The predicted octanol–water partition coefficient (Wildman–Crippen LogP) is -13.2. The minimum Gasteiger partial charge on any atom is -0.850 e. The molecule has 0 aromatic rings. The third kappa shape index (κ3) is 17.2. The number of aliphatic hydroxyl groups is 1. The van der Waals surface area contributed by atoms with Gasteiger partial charge < -0.3 is 24.2 Å². The second-order valence-corrected chi connectivity index (χ2v) is 8.22. The van der Waals surface area contributed by atoms with Crippen molar-refractivity contribution in [3.63, 3.8) is 0 Å². The molecule has 15 heteroatoms. The fraction of sp³-hybridized carbons (Fsp3) is 1.00. The fourth-order valence-corrected chi connectivity index (χ4v) is 3.45. The van der Waals surface area contributed by atoms with Gasteiger partial charge in [0.15, 0.2) is 0 Å². The van der Waals surface area contributed by atoms with Crippen LogP contribution in [0, 0.1) is 0 Å². The molecule has 1 aliphatic heterocycles. The number of piperazine rings is 1. The van der Waals surface area contributed by atoms with Gasteiger partial charge in [0.05, 0.1) is 32.1 Å². The van der Waals surface area contributed by atoms with Crippen LogP contribution in [0.1, 0.15) is 0 Å². The van der Waals surface area contributed by atoms with Crippen molar-refractivity contribution in [3.8, 4) is 0 Å². The molecule has 0 saturated carbocycles. The SMILES string of the molecule is O=S(=O)([O-])CC([O-])CN1CCN(CC(O)CS(=O)(=O)[O-])CC1.[Na+].[Na+].[Na+]. The summed E-state index contributed by atoms with van der Waals surface area (Å²) in [5.74, 6) is -1.80. The first-order chi connectivity index (χ1) is 9.94. The summed E-state index contributed by atoms with van der Waals surface area (Å²) in [6.07, 6.45) is -2.78. The molecule has 25 heavy (non-hydrogen) atoms. The van der Waals surface area contributed by atoms with Crippen LogP contribution in [0.4, 0.5) is 0 Å². The zero-order valence-corrected chi connectivity index (χ0v) is 22.5. The Balaban J connectivity index is -0.00000161. The Morgan fingerprint density at radius 1 is 0.800 bits per heavy atom. The number of aliphatic hydroxyl groups excluding tert-OH is 1. The van der Waals surface area contributed by atoms with Crippen molar-refractivity contribution < 1.29 is 125 Å². The van der Waals surface area contributed by atoms with Crippen molar-refractivity contribution in [1.82, 2.24) is 9.80 Å². The molecule has 0 aromatic carbocycles. The van der Waals surface area contributed by atoms with E-state index in [4.69, 9.17) is 0 Å². The molecule has 1 heterocycles. The first kappa shape index (κ1) is 32.3. The average molecular weight is 428 g/mol. The summed E-state index contributed by atoms with van der Waals surface area (Å²) in [4.78, 5) is 3.45. The van der Waals surface area contributed by atoms with E-state index in [0.717, 1.165) is 0 Å². The largest absolute Gasteiger partial charge is 1.00 e. The third-order valence-corrected chi connectivity index (χ3v) is 4.76. The van der Waals surface area contributed by atoms with Gasteiger partial charge in [-0.05, 0) is 6.54 Å². The molecule has 0 bridgehead atoms. The summed E-state index contributed by atoms with van der Waals surface area (Å²) >= 11 is 0. The van der Waals surface area contributed by atoms with Crippen molar-refractivity contribution in [2.45, 2.75) is 12.2 Å².